The van der Waals surface area contributed by atoms with E-state index in [4.69, 9.17) is 4.42 Å². The summed E-state index contributed by atoms with van der Waals surface area (Å²) in [5, 5.41) is 13.3. The van der Waals surface area contributed by atoms with Crippen LogP contribution in [0.3, 0.4) is 0 Å². The number of hydrogen-bond donors (Lipinski definition) is 3. The van der Waals surface area contributed by atoms with Crippen LogP contribution in [0.5, 0.6) is 0 Å². The summed E-state index contributed by atoms with van der Waals surface area (Å²) >= 11 is 0. The highest BCUT2D eigenvalue weighted by molar-refractivity contribution is 14.0. The number of furan rings is 1. The second-order valence-electron chi connectivity index (χ2n) is 5.68. The minimum Gasteiger partial charge on any atom is -0.467 e. The van der Waals surface area contributed by atoms with Gasteiger partial charge in [0.15, 0.2) is 5.96 Å². The minimum absolute atomic E-state index is 0. The molecule has 2 rings (SSSR count). The van der Waals surface area contributed by atoms with Crippen LogP contribution in [0.25, 0.3) is 0 Å². The van der Waals surface area contributed by atoms with Crippen molar-refractivity contribution in [2.24, 2.45) is 12.0 Å². The highest BCUT2D eigenvalue weighted by Gasteiger charge is 2.09. The molecule has 0 radical (unpaired) electrons. The van der Waals surface area contributed by atoms with E-state index in [1.165, 1.54) is 0 Å². The third-order valence-electron chi connectivity index (χ3n) is 3.85. The van der Waals surface area contributed by atoms with Crippen molar-refractivity contribution in [3.8, 4) is 0 Å². The predicted molar refractivity (Wildman–Crippen MR) is 111 cm³/mol. The van der Waals surface area contributed by atoms with Crippen molar-refractivity contribution in [1.29, 1.82) is 0 Å². The maximum Gasteiger partial charge on any atom is 0.239 e. The van der Waals surface area contributed by atoms with E-state index in [9.17, 15) is 4.79 Å². The lowest BCUT2D eigenvalue weighted by Crippen LogP contribution is -2.43. The molecular weight excluding hydrogens is 447 g/mol. The molecule has 9 heteroatoms. The SMILES string of the molecule is CCNC(=NCc1c(C)nn(C)c1C)NCC(=O)NCc1ccco1.I. The van der Waals surface area contributed by atoms with Crippen molar-refractivity contribution in [2.45, 2.75) is 33.9 Å². The zero-order chi connectivity index (χ0) is 18.2. The molecule has 26 heavy (non-hydrogen) atoms. The monoisotopic (exact) mass is 474 g/mol. The van der Waals surface area contributed by atoms with E-state index in [0.29, 0.717) is 25.6 Å². The zero-order valence-corrected chi connectivity index (χ0v) is 18.0. The van der Waals surface area contributed by atoms with Crippen LogP contribution < -0.4 is 16.0 Å². The lowest BCUT2D eigenvalue weighted by atomic mass is 10.2. The third kappa shape index (κ3) is 6.36. The fourth-order valence-electron chi connectivity index (χ4n) is 2.37. The molecule has 0 spiro atoms. The standard InChI is InChI=1S/C17H26N6O2.HI/c1-5-18-17(20-10-15-12(2)22-23(4)13(15)3)21-11-16(24)19-9-14-7-6-8-25-14;/h6-8H,5,9-11H2,1-4H3,(H,19,24)(H2,18,20,21);1H. The quantitative estimate of drug-likeness (QED) is 0.322. The first-order valence-electron chi connectivity index (χ1n) is 8.31. The van der Waals surface area contributed by atoms with Gasteiger partial charge in [0.1, 0.15) is 5.76 Å². The average Bonchev–Trinajstić information content (AvgIpc) is 3.18. The van der Waals surface area contributed by atoms with Crippen LogP contribution in [0.2, 0.25) is 0 Å². The number of halogens is 1. The molecule has 0 fully saturated rings. The summed E-state index contributed by atoms with van der Waals surface area (Å²) in [6.07, 6.45) is 1.58. The maximum atomic E-state index is 11.9. The lowest BCUT2D eigenvalue weighted by Gasteiger charge is -2.11. The summed E-state index contributed by atoms with van der Waals surface area (Å²) in [6, 6.07) is 3.61. The van der Waals surface area contributed by atoms with Gasteiger partial charge in [0.25, 0.3) is 0 Å². The Bertz CT molecular complexity index is 724. The molecule has 144 valence electrons. The van der Waals surface area contributed by atoms with Crippen molar-refractivity contribution in [2.75, 3.05) is 13.1 Å². The van der Waals surface area contributed by atoms with Crippen LogP contribution in [-0.4, -0.2) is 34.7 Å². The highest BCUT2D eigenvalue weighted by Crippen LogP contribution is 2.12. The Morgan fingerprint density at radius 2 is 2.08 bits per heavy atom. The number of rotatable bonds is 7. The second kappa shape index (κ2) is 10.8. The number of guanidine groups is 1. The number of hydrogen-bond acceptors (Lipinski definition) is 4. The van der Waals surface area contributed by atoms with E-state index in [1.807, 2.05) is 38.6 Å². The van der Waals surface area contributed by atoms with Gasteiger partial charge >= 0.3 is 0 Å². The molecule has 8 nitrogen and oxygen atoms in total. The number of aryl methyl sites for hydroxylation is 2. The lowest BCUT2D eigenvalue weighted by molar-refractivity contribution is -0.120. The van der Waals surface area contributed by atoms with Crippen LogP contribution in [0, 0.1) is 13.8 Å². The Labute approximate surface area is 170 Å². The third-order valence-corrected chi connectivity index (χ3v) is 3.85. The van der Waals surface area contributed by atoms with Gasteiger partial charge in [-0.15, -0.1) is 24.0 Å². The van der Waals surface area contributed by atoms with Gasteiger partial charge in [-0.25, -0.2) is 4.99 Å². The molecule has 2 aromatic rings. The van der Waals surface area contributed by atoms with Gasteiger partial charge in [-0.3, -0.25) is 9.48 Å². The Morgan fingerprint density at radius 3 is 2.65 bits per heavy atom. The highest BCUT2D eigenvalue weighted by atomic mass is 127. The van der Waals surface area contributed by atoms with Gasteiger partial charge in [0, 0.05) is 24.8 Å². The molecule has 0 bridgehead atoms. The van der Waals surface area contributed by atoms with Crippen molar-refractivity contribution >= 4 is 35.8 Å². The molecule has 0 unspecified atom stereocenters. The fraction of sp³-hybridized carbons (Fsp3) is 0.471. The largest absolute Gasteiger partial charge is 0.467 e. The zero-order valence-electron chi connectivity index (χ0n) is 15.6. The molecule has 2 aromatic heterocycles. The van der Waals surface area contributed by atoms with Crippen molar-refractivity contribution in [3.63, 3.8) is 0 Å². The normalized spacial score (nSPS) is 11.0. The molecule has 2 heterocycles. The van der Waals surface area contributed by atoms with E-state index in [0.717, 1.165) is 22.7 Å². The van der Waals surface area contributed by atoms with Gasteiger partial charge in [-0.05, 0) is 32.9 Å². The van der Waals surface area contributed by atoms with Crippen molar-refractivity contribution in [1.82, 2.24) is 25.7 Å². The number of nitrogens with one attached hydrogen (secondary N) is 3. The maximum absolute atomic E-state index is 11.9. The molecule has 0 aliphatic rings. The minimum atomic E-state index is -0.129. The van der Waals surface area contributed by atoms with E-state index >= 15 is 0 Å². The first-order valence-corrected chi connectivity index (χ1v) is 8.31. The Morgan fingerprint density at radius 1 is 1.31 bits per heavy atom. The molecule has 0 atom stereocenters. The Balaban J connectivity index is 0.00000338. The van der Waals surface area contributed by atoms with Crippen LogP contribution >= 0.6 is 24.0 Å². The van der Waals surface area contributed by atoms with Crippen LogP contribution in [0.1, 0.15) is 29.6 Å². The van der Waals surface area contributed by atoms with Crippen LogP contribution in [-0.2, 0) is 24.9 Å². The van der Waals surface area contributed by atoms with Crippen molar-refractivity contribution in [3.05, 3.63) is 41.1 Å². The molecule has 0 aliphatic carbocycles. The molecule has 0 saturated heterocycles. The van der Waals surface area contributed by atoms with Crippen molar-refractivity contribution < 1.29 is 9.21 Å². The smallest absolute Gasteiger partial charge is 0.239 e. The first-order chi connectivity index (χ1) is 12.0. The van der Waals surface area contributed by atoms with Gasteiger partial charge in [0.05, 0.1) is 31.6 Å². The summed E-state index contributed by atoms with van der Waals surface area (Å²) in [7, 11) is 1.92. The summed E-state index contributed by atoms with van der Waals surface area (Å²) in [6.45, 7) is 7.70. The van der Waals surface area contributed by atoms with E-state index in [1.54, 1.807) is 12.3 Å². The van der Waals surface area contributed by atoms with E-state index < -0.39 is 0 Å². The summed E-state index contributed by atoms with van der Waals surface area (Å²) in [5.41, 5.74) is 3.16. The number of carbonyl (C=O) groups excluding carboxylic acids is 1. The molecule has 0 saturated carbocycles. The Hall–Kier alpha value is -2.04. The predicted octanol–water partition coefficient (Wildman–Crippen LogP) is 1.62. The number of carbonyl (C=O) groups is 1. The molecule has 0 aromatic carbocycles. The molecule has 1 amide bonds. The van der Waals surface area contributed by atoms with Gasteiger partial charge in [0.2, 0.25) is 5.91 Å². The molecular formula is C17H27IN6O2. The average molecular weight is 474 g/mol. The fourth-order valence-corrected chi connectivity index (χ4v) is 2.37. The van der Waals surface area contributed by atoms with Gasteiger partial charge in [-0.1, -0.05) is 0 Å². The van der Waals surface area contributed by atoms with Crippen LogP contribution in [0.15, 0.2) is 27.8 Å². The Kier molecular flexibility index (Phi) is 9.17. The molecule has 0 aliphatic heterocycles. The molecule has 3 N–H and O–H groups in total. The summed E-state index contributed by atoms with van der Waals surface area (Å²) < 4.78 is 7.03. The van der Waals surface area contributed by atoms with Gasteiger partial charge in [-0.2, -0.15) is 5.10 Å². The number of nitrogens with zero attached hydrogens (tertiary/aromatic N) is 3. The second-order valence-corrected chi connectivity index (χ2v) is 5.68. The van der Waals surface area contributed by atoms with E-state index in [2.05, 4.69) is 26.0 Å². The van der Waals surface area contributed by atoms with Gasteiger partial charge < -0.3 is 20.4 Å². The summed E-state index contributed by atoms with van der Waals surface area (Å²) in [4.78, 5) is 16.5. The topological polar surface area (TPSA) is 96.5 Å². The number of aromatic nitrogens is 2. The number of aliphatic imine (C=N–C) groups is 1. The van der Waals surface area contributed by atoms with Crippen LogP contribution in [0.4, 0.5) is 0 Å². The van der Waals surface area contributed by atoms with E-state index in [-0.39, 0.29) is 36.4 Å². The number of amides is 1. The summed E-state index contributed by atoms with van der Waals surface area (Å²) in [5.74, 6) is 1.19. The first kappa shape index (κ1) is 22.0.